The van der Waals surface area contributed by atoms with Gasteiger partial charge in [-0.2, -0.15) is 0 Å². The van der Waals surface area contributed by atoms with E-state index in [4.69, 9.17) is 18.5 Å². The van der Waals surface area contributed by atoms with Gasteiger partial charge in [0.25, 0.3) is 0 Å². The molecule has 0 rings (SSSR count). The van der Waals surface area contributed by atoms with E-state index < -0.39 is 26.5 Å². The van der Waals surface area contributed by atoms with Crippen LogP contribution < -0.4 is 0 Å². The predicted octanol–water partition coefficient (Wildman–Crippen LogP) is 27.3. The number of rotatable bonds is 78. The number of quaternary nitrogens is 1. The molecule has 0 radical (unpaired) electrons. The maximum Gasteiger partial charge on any atom is 0.472 e. The van der Waals surface area contributed by atoms with Crippen molar-refractivity contribution in [3.63, 3.8) is 0 Å². The molecule has 0 spiro atoms. The minimum absolute atomic E-state index is 0.0359. The first-order chi connectivity index (χ1) is 45.5. The number of hydrogen-bond donors (Lipinski definition) is 1. The summed E-state index contributed by atoms with van der Waals surface area (Å²) < 4.78 is 34.9. The molecule has 0 aromatic heterocycles. The van der Waals surface area contributed by atoms with Gasteiger partial charge in [-0.1, -0.05) is 403 Å². The Kier molecular flexibility index (Phi) is 73.0. The van der Waals surface area contributed by atoms with E-state index >= 15 is 0 Å². The molecular weight excluding hydrogens is 1170 g/mol. The van der Waals surface area contributed by atoms with Crippen LogP contribution >= 0.6 is 7.82 Å². The fourth-order valence-electron chi connectivity index (χ4n) is 12.6. The molecule has 550 valence electrons. The molecule has 0 amide bonds. The van der Waals surface area contributed by atoms with E-state index in [0.717, 1.165) is 44.9 Å². The van der Waals surface area contributed by atoms with Crippen molar-refractivity contribution >= 4 is 19.8 Å². The topological polar surface area (TPSA) is 108 Å². The minimum Gasteiger partial charge on any atom is -0.462 e. The number of likely N-dealkylation sites (N-methyl/N-ethyl adjacent to an activating group) is 1. The maximum atomic E-state index is 12.9. The molecule has 0 bridgehead atoms. The number of esters is 2. The average molecular weight is 1330 g/mol. The van der Waals surface area contributed by atoms with Crippen LogP contribution in [0.2, 0.25) is 0 Å². The summed E-state index contributed by atoms with van der Waals surface area (Å²) in [5, 5.41) is 0. The van der Waals surface area contributed by atoms with Gasteiger partial charge >= 0.3 is 19.8 Å². The summed E-state index contributed by atoms with van der Waals surface area (Å²) in [6, 6.07) is 0. The molecule has 0 aliphatic carbocycles. The van der Waals surface area contributed by atoms with Crippen LogP contribution in [0.5, 0.6) is 0 Å². The Balaban J connectivity index is 3.88. The van der Waals surface area contributed by atoms with E-state index in [1.165, 1.54) is 353 Å². The lowest BCUT2D eigenvalue weighted by atomic mass is 10.0. The van der Waals surface area contributed by atoms with E-state index in [2.05, 4.69) is 50.3 Å². The SMILES string of the molecule is CCCCCCC/C=C\C/C=C\C/C=C\CCCCCCCCCCCCCCCCCCCCCCCCCCC(=O)OC(COC(=O)CCCCCCCCCCCCCCCCCCCCCCCCCCCCCCCC)COP(=O)(O)OCC[N+](C)(C)C. The van der Waals surface area contributed by atoms with Gasteiger partial charge in [-0.3, -0.25) is 18.6 Å². The second-order valence-corrected chi connectivity index (χ2v) is 31.0. The van der Waals surface area contributed by atoms with Gasteiger partial charge in [-0.15, -0.1) is 0 Å². The molecule has 0 aromatic rings. The molecule has 0 aliphatic heterocycles. The fraction of sp³-hybridized carbons (Fsp3) is 0.904. The van der Waals surface area contributed by atoms with Crippen LogP contribution in [-0.4, -0.2) is 74.9 Å². The third kappa shape index (κ3) is 79.1. The summed E-state index contributed by atoms with van der Waals surface area (Å²) >= 11 is 0. The number of allylic oxidation sites excluding steroid dienone is 6. The van der Waals surface area contributed by atoms with E-state index in [9.17, 15) is 19.0 Å². The first-order valence-electron chi connectivity index (χ1n) is 41.2. The van der Waals surface area contributed by atoms with Crippen molar-refractivity contribution in [2.45, 2.75) is 437 Å². The normalized spacial score (nSPS) is 13.1. The summed E-state index contributed by atoms with van der Waals surface area (Å²) in [4.78, 5) is 36.0. The lowest BCUT2D eigenvalue weighted by molar-refractivity contribution is -0.870. The van der Waals surface area contributed by atoms with Gasteiger partial charge < -0.3 is 18.9 Å². The number of unbranched alkanes of at least 4 members (excludes halogenated alkanes) is 58. The molecule has 0 aliphatic rings. The van der Waals surface area contributed by atoms with Crippen LogP contribution in [0.15, 0.2) is 36.5 Å². The Morgan fingerprint density at radius 1 is 0.333 bits per heavy atom. The molecule has 0 heterocycles. The second-order valence-electron chi connectivity index (χ2n) is 29.5. The van der Waals surface area contributed by atoms with Crippen molar-refractivity contribution in [2.75, 3.05) is 47.5 Å². The quantitative estimate of drug-likeness (QED) is 0.0211. The Morgan fingerprint density at radius 2 is 0.581 bits per heavy atom. The zero-order chi connectivity index (χ0) is 67.6. The van der Waals surface area contributed by atoms with Gasteiger partial charge in [-0.25, -0.2) is 4.57 Å². The van der Waals surface area contributed by atoms with Gasteiger partial charge in [-0.05, 0) is 51.4 Å². The smallest absolute Gasteiger partial charge is 0.462 e. The molecule has 0 aromatic carbocycles. The molecule has 9 nitrogen and oxygen atoms in total. The van der Waals surface area contributed by atoms with E-state index in [-0.39, 0.29) is 25.6 Å². The molecule has 2 unspecified atom stereocenters. The zero-order valence-electron chi connectivity index (χ0n) is 63.0. The summed E-state index contributed by atoms with van der Waals surface area (Å²) in [5.41, 5.74) is 0. The van der Waals surface area contributed by atoms with Crippen molar-refractivity contribution in [1.29, 1.82) is 0 Å². The Hall–Kier alpha value is -1.77. The summed E-state index contributed by atoms with van der Waals surface area (Å²) in [6.45, 7) is 4.51. The van der Waals surface area contributed by atoms with Crippen LogP contribution in [0.1, 0.15) is 431 Å². The highest BCUT2D eigenvalue weighted by Crippen LogP contribution is 2.43. The summed E-state index contributed by atoms with van der Waals surface area (Å²) in [5.74, 6) is -0.769. The number of carbonyl (C=O) groups excluding carboxylic acids is 2. The highest BCUT2D eigenvalue weighted by molar-refractivity contribution is 7.47. The number of nitrogens with zero attached hydrogens (tertiary/aromatic N) is 1. The first-order valence-corrected chi connectivity index (χ1v) is 42.7. The van der Waals surface area contributed by atoms with Crippen molar-refractivity contribution in [2.24, 2.45) is 0 Å². The highest BCUT2D eigenvalue weighted by Gasteiger charge is 2.27. The lowest BCUT2D eigenvalue weighted by Crippen LogP contribution is -2.37. The van der Waals surface area contributed by atoms with Gasteiger partial charge in [0.2, 0.25) is 0 Å². The van der Waals surface area contributed by atoms with Crippen LogP contribution in [0, 0.1) is 0 Å². The van der Waals surface area contributed by atoms with E-state index in [1.807, 2.05) is 21.1 Å². The second kappa shape index (κ2) is 74.5. The van der Waals surface area contributed by atoms with E-state index in [1.54, 1.807) is 0 Å². The fourth-order valence-corrected chi connectivity index (χ4v) is 13.4. The van der Waals surface area contributed by atoms with Crippen LogP contribution in [-0.2, 0) is 32.7 Å². The summed E-state index contributed by atoms with van der Waals surface area (Å²) in [6.07, 6.45) is 97.4. The van der Waals surface area contributed by atoms with Crippen LogP contribution in [0.25, 0.3) is 0 Å². The van der Waals surface area contributed by atoms with Gasteiger partial charge in [0.1, 0.15) is 19.8 Å². The summed E-state index contributed by atoms with van der Waals surface area (Å²) in [7, 11) is 1.50. The molecule has 0 fully saturated rings. The first kappa shape index (κ1) is 91.2. The Bertz CT molecular complexity index is 1660. The monoisotopic (exact) mass is 1330 g/mol. The van der Waals surface area contributed by atoms with Crippen molar-refractivity contribution < 1.29 is 42.1 Å². The minimum atomic E-state index is -4.39. The third-order valence-electron chi connectivity index (χ3n) is 18.9. The Labute approximate surface area is 580 Å². The number of phosphoric ester groups is 1. The van der Waals surface area contributed by atoms with E-state index in [0.29, 0.717) is 23.9 Å². The Morgan fingerprint density at radius 3 is 0.860 bits per heavy atom. The molecule has 0 saturated heterocycles. The largest absolute Gasteiger partial charge is 0.472 e. The van der Waals surface area contributed by atoms with Crippen LogP contribution in [0.4, 0.5) is 0 Å². The van der Waals surface area contributed by atoms with Crippen molar-refractivity contribution in [1.82, 2.24) is 0 Å². The van der Waals surface area contributed by atoms with Crippen LogP contribution in [0.3, 0.4) is 0 Å². The molecule has 10 heteroatoms. The maximum absolute atomic E-state index is 12.9. The zero-order valence-corrected chi connectivity index (χ0v) is 63.9. The van der Waals surface area contributed by atoms with Gasteiger partial charge in [0.05, 0.1) is 27.7 Å². The molecule has 2 atom stereocenters. The number of ether oxygens (including phenoxy) is 2. The third-order valence-corrected chi connectivity index (χ3v) is 19.9. The van der Waals surface area contributed by atoms with Gasteiger partial charge in [0, 0.05) is 12.8 Å². The lowest BCUT2D eigenvalue weighted by Gasteiger charge is -2.24. The number of hydrogen-bond acceptors (Lipinski definition) is 7. The standard InChI is InChI=1S/C83H160NO8P/c1-6-8-10-12-14-16-18-20-22-24-26-28-30-32-34-36-38-39-40-41-42-43-44-45-46-48-50-52-54-56-58-60-62-64-66-68-70-72-74-76-83(86)92-81(80-91-93(87,88)90-78-77-84(3,4)5)79-89-82(85)75-73-71-69-67-65-63-61-59-57-55-53-51-49-47-37-35-33-31-29-27-25-23-21-19-17-15-13-11-9-7-2/h18,20,24,26,30,32,81H,6-17,19,21-23,25,27-29,31,33-80H2,1-5H3/p+1/b20-18-,26-24-,32-30-. The number of carbonyl (C=O) groups is 2. The molecular formula is C83H161NO8P+. The predicted molar refractivity (Wildman–Crippen MR) is 404 cm³/mol. The number of phosphoric acid groups is 1. The van der Waals surface area contributed by atoms with Gasteiger partial charge in [0.15, 0.2) is 6.10 Å². The highest BCUT2D eigenvalue weighted by atomic mass is 31.2. The average Bonchev–Trinajstić information content (AvgIpc) is 2.01. The molecule has 0 saturated carbocycles. The van der Waals surface area contributed by atoms with Crippen molar-refractivity contribution in [3.8, 4) is 0 Å². The molecule has 93 heavy (non-hydrogen) atoms. The molecule has 1 N–H and O–H groups in total. The van der Waals surface area contributed by atoms with Crippen molar-refractivity contribution in [3.05, 3.63) is 36.5 Å².